The van der Waals surface area contributed by atoms with Crippen LogP contribution < -0.4 is 0 Å². The molecule has 1 aromatic heterocycles. The zero-order valence-electron chi connectivity index (χ0n) is 12.9. The molecule has 8 heteroatoms. The van der Waals surface area contributed by atoms with Crippen LogP contribution in [0, 0.1) is 13.8 Å². The Balaban J connectivity index is 1.97. The SMILES string of the molecule is Cc1nn(C)c(C)c1CCC(=O)N1CC[C@](O)(C(F)(F)F)C1. The van der Waals surface area contributed by atoms with E-state index in [1.165, 1.54) is 0 Å². The normalized spacial score (nSPS) is 22.4. The van der Waals surface area contributed by atoms with Crippen LogP contribution in [-0.4, -0.2) is 50.6 Å². The summed E-state index contributed by atoms with van der Waals surface area (Å²) in [5.74, 6) is -0.372. The van der Waals surface area contributed by atoms with E-state index >= 15 is 0 Å². The van der Waals surface area contributed by atoms with Crippen molar-refractivity contribution in [3.05, 3.63) is 17.0 Å². The summed E-state index contributed by atoms with van der Waals surface area (Å²) in [7, 11) is 1.80. The first-order valence-electron chi connectivity index (χ1n) is 7.11. The highest BCUT2D eigenvalue weighted by Crippen LogP contribution is 2.37. The van der Waals surface area contributed by atoms with Gasteiger partial charge in [0.05, 0.1) is 12.2 Å². The Labute approximate surface area is 126 Å². The van der Waals surface area contributed by atoms with Gasteiger partial charge in [0.25, 0.3) is 0 Å². The lowest BCUT2D eigenvalue weighted by atomic mass is 10.0. The van der Waals surface area contributed by atoms with Gasteiger partial charge in [-0.2, -0.15) is 18.3 Å². The summed E-state index contributed by atoms with van der Waals surface area (Å²) in [6.45, 7) is 2.98. The summed E-state index contributed by atoms with van der Waals surface area (Å²) in [5.41, 5.74) is -0.0661. The van der Waals surface area contributed by atoms with Gasteiger partial charge < -0.3 is 10.0 Å². The summed E-state index contributed by atoms with van der Waals surface area (Å²) < 4.78 is 39.9. The maximum Gasteiger partial charge on any atom is 0.419 e. The number of alkyl halides is 3. The lowest BCUT2D eigenvalue weighted by molar-refractivity contribution is -0.253. The Bertz CT molecular complexity index is 583. The van der Waals surface area contributed by atoms with Crippen LogP contribution in [-0.2, 0) is 18.3 Å². The van der Waals surface area contributed by atoms with Crippen molar-refractivity contribution in [1.82, 2.24) is 14.7 Å². The van der Waals surface area contributed by atoms with Gasteiger partial charge in [0, 0.05) is 32.1 Å². The molecule has 0 aliphatic carbocycles. The molecule has 2 rings (SSSR count). The summed E-state index contributed by atoms with van der Waals surface area (Å²) in [6.07, 6.45) is -4.63. The lowest BCUT2D eigenvalue weighted by Gasteiger charge is -2.25. The van der Waals surface area contributed by atoms with E-state index in [9.17, 15) is 23.1 Å². The minimum atomic E-state index is -4.71. The van der Waals surface area contributed by atoms with E-state index in [0.717, 1.165) is 21.9 Å². The highest BCUT2D eigenvalue weighted by molar-refractivity contribution is 5.77. The number of hydrogen-bond acceptors (Lipinski definition) is 3. The van der Waals surface area contributed by atoms with Crippen molar-refractivity contribution >= 4 is 5.91 Å². The second kappa shape index (κ2) is 5.57. The molecule has 0 saturated carbocycles. The van der Waals surface area contributed by atoms with Gasteiger partial charge in [-0.1, -0.05) is 0 Å². The van der Waals surface area contributed by atoms with Gasteiger partial charge in [-0.05, 0) is 25.8 Å². The summed E-state index contributed by atoms with van der Waals surface area (Å²) in [6, 6.07) is 0. The Morgan fingerprint density at radius 3 is 2.50 bits per heavy atom. The third kappa shape index (κ3) is 2.97. The molecule has 2 heterocycles. The molecule has 124 valence electrons. The lowest BCUT2D eigenvalue weighted by Crippen LogP contribution is -2.48. The number of carbonyl (C=O) groups excluding carboxylic acids is 1. The maximum absolute atomic E-state index is 12.7. The van der Waals surface area contributed by atoms with Crippen molar-refractivity contribution in [1.29, 1.82) is 0 Å². The highest BCUT2D eigenvalue weighted by atomic mass is 19.4. The van der Waals surface area contributed by atoms with E-state index in [0.29, 0.717) is 6.42 Å². The third-order valence-electron chi connectivity index (χ3n) is 4.38. The maximum atomic E-state index is 12.7. The Hall–Kier alpha value is -1.57. The van der Waals surface area contributed by atoms with E-state index in [4.69, 9.17) is 0 Å². The molecule has 5 nitrogen and oxygen atoms in total. The largest absolute Gasteiger partial charge is 0.419 e. The van der Waals surface area contributed by atoms with E-state index in [1.54, 1.807) is 11.7 Å². The minimum absolute atomic E-state index is 0.0696. The van der Waals surface area contributed by atoms with E-state index < -0.39 is 24.7 Å². The molecule has 0 bridgehead atoms. The number of nitrogens with zero attached hydrogens (tertiary/aromatic N) is 3. The van der Waals surface area contributed by atoms with Crippen LogP contribution >= 0.6 is 0 Å². The molecule has 0 aromatic carbocycles. The number of rotatable bonds is 3. The number of carbonyl (C=O) groups is 1. The molecule has 0 radical (unpaired) electrons. The minimum Gasteiger partial charge on any atom is -0.379 e. The average Bonchev–Trinajstić information content (AvgIpc) is 2.91. The molecule has 1 aliphatic heterocycles. The molecular weight excluding hydrogens is 299 g/mol. The van der Waals surface area contributed by atoms with Crippen LogP contribution in [0.1, 0.15) is 29.8 Å². The van der Waals surface area contributed by atoms with Gasteiger partial charge in [-0.3, -0.25) is 9.48 Å². The Kier molecular flexibility index (Phi) is 4.25. The molecule has 1 fully saturated rings. The molecule has 1 amide bonds. The fraction of sp³-hybridized carbons (Fsp3) is 0.714. The molecular formula is C14H20F3N3O2. The number of hydrogen-bond donors (Lipinski definition) is 1. The number of amides is 1. The van der Waals surface area contributed by atoms with Crippen LogP contribution in [0.4, 0.5) is 13.2 Å². The number of aliphatic hydroxyl groups is 1. The van der Waals surface area contributed by atoms with Gasteiger partial charge in [-0.15, -0.1) is 0 Å². The molecule has 1 atom stereocenters. The van der Waals surface area contributed by atoms with Crippen molar-refractivity contribution in [2.45, 2.75) is 44.9 Å². The van der Waals surface area contributed by atoms with Crippen LogP contribution in [0.2, 0.25) is 0 Å². The zero-order chi connectivity index (χ0) is 16.7. The molecule has 0 spiro atoms. The van der Waals surface area contributed by atoms with Crippen molar-refractivity contribution in [2.24, 2.45) is 7.05 Å². The number of halogens is 3. The van der Waals surface area contributed by atoms with Crippen LogP contribution in [0.5, 0.6) is 0 Å². The van der Waals surface area contributed by atoms with Gasteiger partial charge in [0.2, 0.25) is 5.91 Å². The monoisotopic (exact) mass is 319 g/mol. The van der Waals surface area contributed by atoms with Gasteiger partial charge in [0.1, 0.15) is 0 Å². The second-order valence-electron chi connectivity index (χ2n) is 5.87. The Morgan fingerprint density at radius 1 is 1.41 bits per heavy atom. The molecule has 1 saturated heterocycles. The summed E-state index contributed by atoms with van der Waals surface area (Å²) >= 11 is 0. The first kappa shape index (κ1) is 16.8. The zero-order valence-corrected chi connectivity index (χ0v) is 12.9. The third-order valence-corrected chi connectivity index (χ3v) is 4.38. The number of aromatic nitrogens is 2. The fourth-order valence-corrected chi connectivity index (χ4v) is 2.81. The molecule has 1 aliphatic rings. The predicted octanol–water partition coefficient (Wildman–Crippen LogP) is 1.50. The second-order valence-corrected chi connectivity index (χ2v) is 5.87. The smallest absolute Gasteiger partial charge is 0.379 e. The number of aryl methyl sites for hydroxylation is 2. The van der Waals surface area contributed by atoms with E-state index in [1.807, 2.05) is 13.8 Å². The first-order chi connectivity index (χ1) is 10.0. The highest BCUT2D eigenvalue weighted by Gasteiger charge is 2.57. The molecule has 0 unspecified atom stereocenters. The average molecular weight is 319 g/mol. The standard InChI is InChI=1S/C14H20F3N3O2/c1-9-11(10(2)19(3)18-9)4-5-12(21)20-7-6-13(22,8-20)14(15,16)17/h22H,4-8H2,1-3H3/t13-/m1/s1. The van der Waals surface area contributed by atoms with Gasteiger partial charge in [0.15, 0.2) is 5.60 Å². The summed E-state index contributed by atoms with van der Waals surface area (Å²) in [5, 5.41) is 13.8. The summed E-state index contributed by atoms with van der Waals surface area (Å²) in [4.78, 5) is 13.2. The number of likely N-dealkylation sites (tertiary alicyclic amines) is 1. The van der Waals surface area contributed by atoms with Crippen LogP contribution in [0.25, 0.3) is 0 Å². The molecule has 22 heavy (non-hydrogen) atoms. The van der Waals surface area contributed by atoms with Gasteiger partial charge >= 0.3 is 6.18 Å². The van der Waals surface area contributed by atoms with Crippen LogP contribution in [0.15, 0.2) is 0 Å². The predicted molar refractivity (Wildman–Crippen MR) is 73.2 cm³/mol. The quantitative estimate of drug-likeness (QED) is 0.918. The van der Waals surface area contributed by atoms with E-state index in [-0.39, 0.29) is 18.9 Å². The molecule has 1 N–H and O–H groups in total. The topological polar surface area (TPSA) is 58.4 Å². The number of β-amino-alcohol motifs (C(OH)–C–C–N with tert-alkyl or cyclic N) is 1. The van der Waals surface area contributed by atoms with Gasteiger partial charge in [-0.25, -0.2) is 0 Å². The van der Waals surface area contributed by atoms with Crippen molar-refractivity contribution in [2.75, 3.05) is 13.1 Å². The van der Waals surface area contributed by atoms with E-state index in [2.05, 4.69) is 5.10 Å². The first-order valence-corrected chi connectivity index (χ1v) is 7.11. The van der Waals surface area contributed by atoms with Crippen molar-refractivity contribution in [3.8, 4) is 0 Å². The van der Waals surface area contributed by atoms with Crippen molar-refractivity contribution < 1.29 is 23.1 Å². The van der Waals surface area contributed by atoms with Crippen molar-refractivity contribution in [3.63, 3.8) is 0 Å². The van der Waals surface area contributed by atoms with Crippen LogP contribution in [0.3, 0.4) is 0 Å². The fourth-order valence-electron chi connectivity index (χ4n) is 2.81. The Morgan fingerprint density at radius 2 is 2.05 bits per heavy atom. The molecule has 1 aromatic rings.